The summed E-state index contributed by atoms with van der Waals surface area (Å²) in [6.07, 6.45) is 0. The third kappa shape index (κ3) is 1.40. The maximum Gasteiger partial charge on any atom is 0.489 e. The van der Waals surface area contributed by atoms with Crippen molar-refractivity contribution >= 4 is 52.3 Å². The number of hydrogen-bond donors (Lipinski definition) is 4. The molecule has 72 valence electrons. The molecule has 0 fully saturated rings. The first kappa shape index (κ1) is 9.85. The number of anilines is 1. The van der Waals surface area contributed by atoms with Gasteiger partial charge in [-0.05, 0) is 22.3 Å². The van der Waals surface area contributed by atoms with Crippen molar-refractivity contribution in [1.82, 2.24) is 0 Å². The quantitative estimate of drug-likeness (QED) is 0.323. The van der Waals surface area contributed by atoms with Crippen LogP contribution in [0.3, 0.4) is 0 Å². The van der Waals surface area contributed by atoms with E-state index in [0.717, 1.165) is 10.1 Å². The van der Waals surface area contributed by atoms with Gasteiger partial charge in [-0.25, -0.2) is 0 Å². The monoisotopic (exact) mass is 225 g/mol. The van der Waals surface area contributed by atoms with Crippen LogP contribution in [-0.4, -0.2) is 17.2 Å². The molecule has 1 heterocycles. The van der Waals surface area contributed by atoms with E-state index in [9.17, 15) is 0 Å². The molecule has 0 unspecified atom stereocenters. The molecule has 0 aliphatic rings. The Labute approximate surface area is 90.7 Å². The Morgan fingerprint density at radius 2 is 2.14 bits per heavy atom. The second-order valence-electron chi connectivity index (χ2n) is 2.94. The normalized spacial score (nSPS) is 10.8. The lowest BCUT2D eigenvalue weighted by molar-refractivity contribution is 0.425. The Bertz CT molecular complexity index is 483. The van der Waals surface area contributed by atoms with Crippen LogP contribution in [0.5, 0.6) is 0 Å². The summed E-state index contributed by atoms with van der Waals surface area (Å²) in [6, 6.07) is 3.57. The molecule has 2 rings (SSSR count). The van der Waals surface area contributed by atoms with Crippen LogP contribution < -0.4 is 11.2 Å². The van der Waals surface area contributed by atoms with Gasteiger partial charge in [-0.1, -0.05) is 6.07 Å². The first-order valence-electron chi connectivity index (χ1n) is 3.96. The van der Waals surface area contributed by atoms with Gasteiger partial charge in [0.15, 0.2) is 0 Å². The van der Waals surface area contributed by atoms with Gasteiger partial charge in [0.2, 0.25) is 0 Å². The Kier molecular flexibility index (Phi) is 2.44. The van der Waals surface area contributed by atoms with Crippen molar-refractivity contribution < 1.29 is 10.0 Å². The number of nitrogen functional groups attached to an aromatic ring is 1. The lowest BCUT2D eigenvalue weighted by atomic mass is 9.79. The molecule has 0 amide bonds. The van der Waals surface area contributed by atoms with Gasteiger partial charge in [-0.15, -0.1) is 24.0 Å². The molecule has 1 aromatic carbocycles. The van der Waals surface area contributed by atoms with Gasteiger partial charge >= 0.3 is 7.12 Å². The van der Waals surface area contributed by atoms with Crippen molar-refractivity contribution in [2.75, 3.05) is 5.73 Å². The molecule has 0 bridgehead atoms. The Hall–Kier alpha value is -0.685. The molecular formula is C8H8BNO2S2. The predicted molar refractivity (Wildman–Crippen MR) is 63.3 cm³/mol. The standard InChI is InChI=1S/C8H8BNO2S2/c10-6-7(13)5(9(11)12)3-4-1-2-14-8(4)6/h1-3,11-13H,10H2. The van der Waals surface area contributed by atoms with E-state index in [-0.39, 0.29) is 0 Å². The van der Waals surface area contributed by atoms with Crippen LogP contribution in [0.4, 0.5) is 5.69 Å². The summed E-state index contributed by atoms with van der Waals surface area (Å²) in [4.78, 5) is 0.440. The molecule has 0 aliphatic heterocycles. The van der Waals surface area contributed by atoms with E-state index in [1.54, 1.807) is 6.07 Å². The molecule has 2 aromatic rings. The zero-order valence-electron chi connectivity index (χ0n) is 7.14. The fourth-order valence-corrected chi connectivity index (χ4v) is 2.56. The summed E-state index contributed by atoms with van der Waals surface area (Å²) in [7, 11) is -1.53. The zero-order valence-corrected chi connectivity index (χ0v) is 8.85. The summed E-state index contributed by atoms with van der Waals surface area (Å²) < 4.78 is 0.930. The Balaban J connectivity index is 2.80. The number of thiol groups is 1. The van der Waals surface area contributed by atoms with Crippen molar-refractivity contribution in [3.8, 4) is 0 Å². The van der Waals surface area contributed by atoms with Crippen molar-refractivity contribution in [3.63, 3.8) is 0 Å². The fraction of sp³-hybridized carbons (Fsp3) is 0. The summed E-state index contributed by atoms with van der Waals surface area (Å²) in [5.74, 6) is 0. The smallest absolute Gasteiger partial charge is 0.423 e. The lowest BCUT2D eigenvalue weighted by Gasteiger charge is -2.07. The van der Waals surface area contributed by atoms with E-state index in [2.05, 4.69) is 12.6 Å². The van der Waals surface area contributed by atoms with Gasteiger partial charge in [0.1, 0.15) is 0 Å². The Morgan fingerprint density at radius 1 is 1.43 bits per heavy atom. The van der Waals surface area contributed by atoms with Crippen LogP contribution in [0.1, 0.15) is 0 Å². The molecular weight excluding hydrogens is 217 g/mol. The molecule has 0 saturated carbocycles. The van der Waals surface area contributed by atoms with Crippen molar-refractivity contribution in [2.45, 2.75) is 4.90 Å². The summed E-state index contributed by atoms with van der Waals surface area (Å²) in [6.45, 7) is 0. The van der Waals surface area contributed by atoms with Gasteiger partial charge < -0.3 is 15.8 Å². The number of rotatable bonds is 1. The number of nitrogens with two attached hydrogens (primary N) is 1. The highest BCUT2D eigenvalue weighted by Crippen LogP contribution is 2.30. The second-order valence-corrected chi connectivity index (χ2v) is 4.30. The third-order valence-electron chi connectivity index (χ3n) is 2.06. The van der Waals surface area contributed by atoms with E-state index in [1.165, 1.54) is 11.3 Å². The number of thiophene rings is 1. The molecule has 0 aliphatic carbocycles. The van der Waals surface area contributed by atoms with Crippen LogP contribution in [0, 0.1) is 0 Å². The number of benzene rings is 1. The summed E-state index contributed by atoms with van der Waals surface area (Å²) in [5, 5.41) is 21.0. The van der Waals surface area contributed by atoms with E-state index in [0.29, 0.717) is 16.0 Å². The molecule has 6 heteroatoms. The summed E-state index contributed by atoms with van der Waals surface area (Å²) in [5.41, 5.74) is 6.66. The lowest BCUT2D eigenvalue weighted by Crippen LogP contribution is -2.31. The molecule has 4 N–H and O–H groups in total. The van der Waals surface area contributed by atoms with Crippen molar-refractivity contribution in [2.24, 2.45) is 0 Å². The van der Waals surface area contributed by atoms with E-state index in [1.807, 2.05) is 11.4 Å². The van der Waals surface area contributed by atoms with Crippen molar-refractivity contribution in [1.29, 1.82) is 0 Å². The van der Waals surface area contributed by atoms with Crippen LogP contribution in [-0.2, 0) is 0 Å². The highest BCUT2D eigenvalue weighted by molar-refractivity contribution is 7.80. The van der Waals surface area contributed by atoms with Gasteiger partial charge in [-0.3, -0.25) is 0 Å². The highest BCUT2D eigenvalue weighted by Gasteiger charge is 2.18. The first-order chi connectivity index (χ1) is 6.61. The number of hydrogen-bond acceptors (Lipinski definition) is 5. The van der Waals surface area contributed by atoms with Gasteiger partial charge in [0, 0.05) is 4.90 Å². The van der Waals surface area contributed by atoms with E-state index in [4.69, 9.17) is 15.8 Å². The largest absolute Gasteiger partial charge is 0.489 e. The average molecular weight is 225 g/mol. The van der Waals surface area contributed by atoms with E-state index >= 15 is 0 Å². The fourth-order valence-electron chi connectivity index (χ4n) is 1.35. The molecule has 0 saturated heterocycles. The van der Waals surface area contributed by atoms with E-state index < -0.39 is 7.12 Å². The maximum atomic E-state index is 9.08. The molecule has 3 nitrogen and oxygen atoms in total. The van der Waals surface area contributed by atoms with Crippen molar-refractivity contribution in [3.05, 3.63) is 17.5 Å². The highest BCUT2D eigenvalue weighted by atomic mass is 32.1. The molecule has 0 spiro atoms. The molecule has 0 atom stereocenters. The predicted octanol–water partition coefficient (Wildman–Crippen LogP) is 0.452. The topological polar surface area (TPSA) is 66.5 Å². The maximum absolute atomic E-state index is 9.08. The minimum Gasteiger partial charge on any atom is -0.423 e. The van der Waals surface area contributed by atoms with Gasteiger partial charge in [0.25, 0.3) is 0 Å². The van der Waals surface area contributed by atoms with Crippen LogP contribution in [0.2, 0.25) is 0 Å². The minimum atomic E-state index is -1.53. The zero-order chi connectivity index (χ0) is 10.3. The van der Waals surface area contributed by atoms with Crippen LogP contribution in [0.15, 0.2) is 22.4 Å². The first-order valence-corrected chi connectivity index (χ1v) is 5.28. The SMILES string of the molecule is Nc1c(S)c(B(O)O)cc2ccsc12. The van der Waals surface area contributed by atoms with Gasteiger partial charge in [0.05, 0.1) is 10.4 Å². The summed E-state index contributed by atoms with van der Waals surface area (Å²) >= 11 is 5.67. The molecule has 1 aromatic heterocycles. The Morgan fingerprint density at radius 3 is 2.79 bits per heavy atom. The van der Waals surface area contributed by atoms with Crippen LogP contribution in [0.25, 0.3) is 10.1 Å². The average Bonchev–Trinajstić information content (AvgIpc) is 2.58. The van der Waals surface area contributed by atoms with Crippen LogP contribution >= 0.6 is 24.0 Å². The van der Waals surface area contributed by atoms with Gasteiger partial charge in [-0.2, -0.15) is 0 Å². The minimum absolute atomic E-state index is 0.344. The molecule has 14 heavy (non-hydrogen) atoms. The third-order valence-corrected chi connectivity index (χ3v) is 3.52. The second kappa shape index (κ2) is 3.47. The molecule has 0 radical (unpaired) electrons. The number of fused-ring (bicyclic) bond motifs is 1.